The molecule has 21 heavy (non-hydrogen) atoms. The van der Waals surface area contributed by atoms with E-state index in [0.717, 1.165) is 5.56 Å². The maximum absolute atomic E-state index is 12.5. The average molecular weight is 316 g/mol. The highest BCUT2D eigenvalue weighted by molar-refractivity contribution is 7.89. The highest BCUT2D eigenvalue weighted by atomic mass is 32.2. The van der Waals surface area contributed by atoms with Crippen LogP contribution < -0.4 is 14.8 Å². The SMILES string of the molecule is CNCc1cc(S(=O)(=O)NC(C)(C)COC)ccc1OC. The summed E-state index contributed by atoms with van der Waals surface area (Å²) in [4.78, 5) is 0.206. The summed E-state index contributed by atoms with van der Waals surface area (Å²) >= 11 is 0. The van der Waals surface area contributed by atoms with Gasteiger partial charge in [0.05, 0.1) is 24.2 Å². The van der Waals surface area contributed by atoms with E-state index in [4.69, 9.17) is 9.47 Å². The Hall–Kier alpha value is -1.15. The molecule has 0 atom stereocenters. The lowest BCUT2D eigenvalue weighted by Crippen LogP contribution is -2.46. The van der Waals surface area contributed by atoms with E-state index in [-0.39, 0.29) is 11.5 Å². The zero-order chi connectivity index (χ0) is 16.1. The van der Waals surface area contributed by atoms with Crippen LogP contribution in [0.15, 0.2) is 23.1 Å². The third-order valence-corrected chi connectivity index (χ3v) is 4.54. The normalized spacial score (nSPS) is 12.4. The monoisotopic (exact) mass is 316 g/mol. The molecule has 0 saturated heterocycles. The van der Waals surface area contributed by atoms with Gasteiger partial charge >= 0.3 is 0 Å². The molecule has 0 bridgehead atoms. The summed E-state index contributed by atoms with van der Waals surface area (Å²) in [7, 11) is 1.27. The number of hydrogen-bond donors (Lipinski definition) is 2. The molecule has 1 aromatic rings. The largest absolute Gasteiger partial charge is 0.496 e. The zero-order valence-electron chi connectivity index (χ0n) is 13.2. The summed E-state index contributed by atoms with van der Waals surface area (Å²) in [5.74, 6) is 0.652. The molecular formula is C14H24N2O4S. The first-order chi connectivity index (χ1) is 9.75. The van der Waals surface area contributed by atoms with Crippen LogP contribution in [0.5, 0.6) is 5.75 Å². The van der Waals surface area contributed by atoms with Crippen molar-refractivity contribution in [3.05, 3.63) is 23.8 Å². The predicted octanol–water partition coefficient (Wildman–Crippen LogP) is 1.12. The van der Waals surface area contributed by atoms with Crippen molar-refractivity contribution in [3.8, 4) is 5.75 Å². The highest BCUT2D eigenvalue weighted by Gasteiger charge is 2.26. The molecule has 0 heterocycles. The Morgan fingerprint density at radius 2 is 1.90 bits per heavy atom. The van der Waals surface area contributed by atoms with Gasteiger partial charge in [0.1, 0.15) is 5.75 Å². The Kier molecular flexibility index (Phi) is 6.15. The fraction of sp³-hybridized carbons (Fsp3) is 0.571. The quantitative estimate of drug-likeness (QED) is 0.751. The van der Waals surface area contributed by atoms with Gasteiger partial charge in [0, 0.05) is 19.2 Å². The van der Waals surface area contributed by atoms with Gasteiger partial charge in [-0.1, -0.05) is 0 Å². The van der Waals surface area contributed by atoms with E-state index in [1.54, 1.807) is 40.1 Å². The van der Waals surface area contributed by atoms with Crippen LogP contribution in [0.4, 0.5) is 0 Å². The Morgan fingerprint density at radius 3 is 2.43 bits per heavy atom. The van der Waals surface area contributed by atoms with Gasteiger partial charge in [0.2, 0.25) is 10.0 Å². The molecule has 0 fully saturated rings. The summed E-state index contributed by atoms with van der Waals surface area (Å²) < 4.78 is 37.8. The fourth-order valence-corrected chi connectivity index (χ4v) is 3.51. The molecule has 0 saturated carbocycles. The van der Waals surface area contributed by atoms with Crippen molar-refractivity contribution in [1.82, 2.24) is 10.0 Å². The fourth-order valence-electron chi connectivity index (χ4n) is 2.06. The molecule has 0 amide bonds. The first kappa shape index (κ1) is 17.9. The number of methoxy groups -OCH3 is 2. The second-order valence-corrected chi connectivity index (χ2v) is 7.11. The predicted molar refractivity (Wildman–Crippen MR) is 82.0 cm³/mol. The van der Waals surface area contributed by atoms with Gasteiger partial charge in [0.25, 0.3) is 0 Å². The van der Waals surface area contributed by atoms with Gasteiger partial charge < -0.3 is 14.8 Å². The van der Waals surface area contributed by atoms with Crippen LogP contribution in [0.3, 0.4) is 0 Å². The molecule has 0 aliphatic carbocycles. The topological polar surface area (TPSA) is 76.7 Å². The standard InChI is InChI=1S/C14H24N2O4S/c1-14(2,10-19-4)16-21(17,18)12-6-7-13(20-5)11(8-12)9-15-3/h6-8,15-16H,9-10H2,1-5H3. The third kappa shape index (κ3) is 4.96. The van der Waals surface area contributed by atoms with Crippen LogP contribution in [0, 0.1) is 0 Å². The van der Waals surface area contributed by atoms with E-state index in [1.807, 2.05) is 0 Å². The minimum Gasteiger partial charge on any atom is -0.496 e. The molecule has 2 N–H and O–H groups in total. The van der Waals surface area contributed by atoms with Gasteiger partial charge in [-0.05, 0) is 39.1 Å². The van der Waals surface area contributed by atoms with E-state index in [2.05, 4.69) is 10.0 Å². The Morgan fingerprint density at radius 1 is 1.24 bits per heavy atom. The molecule has 0 aliphatic rings. The molecule has 0 aliphatic heterocycles. The lowest BCUT2D eigenvalue weighted by Gasteiger charge is -2.25. The Labute approximate surface area is 126 Å². The van der Waals surface area contributed by atoms with E-state index in [1.165, 1.54) is 13.2 Å². The number of benzene rings is 1. The van der Waals surface area contributed by atoms with Gasteiger partial charge in [0.15, 0.2) is 0 Å². The van der Waals surface area contributed by atoms with Crippen molar-refractivity contribution in [1.29, 1.82) is 0 Å². The summed E-state index contributed by atoms with van der Waals surface area (Å²) in [6, 6.07) is 4.80. The number of rotatable bonds is 8. The van der Waals surface area contributed by atoms with Crippen molar-refractivity contribution >= 4 is 10.0 Å². The number of nitrogens with one attached hydrogen (secondary N) is 2. The maximum atomic E-state index is 12.5. The molecule has 0 spiro atoms. The maximum Gasteiger partial charge on any atom is 0.241 e. The minimum absolute atomic E-state index is 0.206. The van der Waals surface area contributed by atoms with E-state index < -0.39 is 15.6 Å². The van der Waals surface area contributed by atoms with Crippen molar-refractivity contribution < 1.29 is 17.9 Å². The van der Waals surface area contributed by atoms with Crippen molar-refractivity contribution in [3.63, 3.8) is 0 Å². The molecule has 7 heteroatoms. The molecule has 0 aromatic heterocycles. The first-order valence-electron chi connectivity index (χ1n) is 6.60. The van der Waals surface area contributed by atoms with E-state index >= 15 is 0 Å². The summed E-state index contributed by atoms with van der Waals surface area (Å²) in [5.41, 5.74) is 0.101. The number of sulfonamides is 1. The average Bonchev–Trinajstić information content (AvgIpc) is 2.37. The molecule has 1 rings (SSSR count). The second-order valence-electron chi connectivity index (χ2n) is 5.43. The molecule has 1 aromatic carbocycles. The third-order valence-electron chi connectivity index (χ3n) is 2.85. The lowest BCUT2D eigenvalue weighted by atomic mass is 10.1. The van der Waals surface area contributed by atoms with Crippen molar-refractivity contribution in [2.24, 2.45) is 0 Å². The van der Waals surface area contributed by atoms with Crippen LogP contribution >= 0.6 is 0 Å². The molecule has 0 unspecified atom stereocenters. The van der Waals surface area contributed by atoms with Crippen LogP contribution in [-0.4, -0.2) is 41.8 Å². The van der Waals surface area contributed by atoms with Gasteiger partial charge in [-0.2, -0.15) is 0 Å². The van der Waals surface area contributed by atoms with Crippen LogP contribution in [-0.2, 0) is 21.3 Å². The van der Waals surface area contributed by atoms with Crippen LogP contribution in [0.1, 0.15) is 19.4 Å². The Balaban J connectivity index is 3.11. The van der Waals surface area contributed by atoms with Crippen molar-refractivity contribution in [2.45, 2.75) is 30.8 Å². The van der Waals surface area contributed by atoms with Crippen LogP contribution in [0.2, 0.25) is 0 Å². The summed E-state index contributed by atoms with van der Waals surface area (Å²) in [6.07, 6.45) is 0. The van der Waals surface area contributed by atoms with Gasteiger partial charge in [-0.25, -0.2) is 13.1 Å². The van der Waals surface area contributed by atoms with Gasteiger partial charge in [-0.15, -0.1) is 0 Å². The molecule has 0 radical (unpaired) electrons. The summed E-state index contributed by atoms with van der Waals surface area (Å²) in [6.45, 7) is 4.35. The number of hydrogen-bond acceptors (Lipinski definition) is 5. The first-order valence-corrected chi connectivity index (χ1v) is 8.08. The lowest BCUT2D eigenvalue weighted by molar-refractivity contribution is 0.141. The Bertz CT molecular complexity index is 570. The van der Waals surface area contributed by atoms with E-state index in [9.17, 15) is 8.42 Å². The second kappa shape index (κ2) is 7.22. The zero-order valence-corrected chi connectivity index (χ0v) is 14.0. The highest BCUT2D eigenvalue weighted by Crippen LogP contribution is 2.23. The van der Waals surface area contributed by atoms with E-state index in [0.29, 0.717) is 12.3 Å². The number of ether oxygens (including phenoxy) is 2. The van der Waals surface area contributed by atoms with Gasteiger partial charge in [-0.3, -0.25) is 0 Å². The molecule has 6 nitrogen and oxygen atoms in total. The van der Waals surface area contributed by atoms with Crippen LogP contribution in [0.25, 0.3) is 0 Å². The summed E-state index contributed by atoms with van der Waals surface area (Å²) in [5, 5.41) is 2.99. The smallest absolute Gasteiger partial charge is 0.241 e. The molecular weight excluding hydrogens is 292 g/mol. The van der Waals surface area contributed by atoms with Crippen molar-refractivity contribution in [2.75, 3.05) is 27.9 Å². The minimum atomic E-state index is -3.62. The molecule has 120 valence electrons.